The lowest BCUT2D eigenvalue weighted by molar-refractivity contribution is -0.122. The normalized spacial score (nSPS) is 10.9. The highest BCUT2D eigenvalue weighted by Gasteiger charge is 2.17. The molecule has 0 aliphatic heterocycles. The van der Waals surface area contributed by atoms with Crippen LogP contribution >= 0.6 is 0 Å². The van der Waals surface area contributed by atoms with Gasteiger partial charge in [-0.3, -0.25) is 9.78 Å². The van der Waals surface area contributed by atoms with Crippen LogP contribution in [0.3, 0.4) is 0 Å². The number of rotatable bonds is 11. The molecule has 1 heterocycles. The highest BCUT2D eigenvalue weighted by atomic mass is 16.5. The predicted octanol–water partition coefficient (Wildman–Crippen LogP) is 4.31. The molecule has 162 valence electrons. The van der Waals surface area contributed by atoms with E-state index in [2.05, 4.69) is 43.0 Å². The number of anilines is 1. The van der Waals surface area contributed by atoms with Crippen LogP contribution in [-0.4, -0.2) is 41.7 Å². The molecule has 0 atom stereocenters. The Morgan fingerprint density at radius 3 is 2.16 bits per heavy atom. The highest BCUT2D eigenvalue weighted by Crippen LogP contribution is 2.30. The van der Waals surface area contributed by atoms with Crippen LogP contribution in [0.1, 0.15) is 26.7 Å². The highest BCUT2D eigenvalue weighted by molar-refractivity contribution is 5.78. The van der Waals surface area contributed by atoms with Crippen molar-refractivity contribution in [3.05, 3.63) is 66.9 Å². The maximum Gasteiger partial charge on any atom is 0.243 e. The molecular formula is C25H30N4O2. The van der Waals surface area contributed by atoms with E-state index in [1.807, 2.05) is 42.6 Å². The summed E-state index contributed by atoms with van der Waals surface area (Å²) >= 11 is 0. The fraction of sp³-hybridized carbons (Fsp3) is 0.320. The molecule has 0 fully saturated rings. The van der Waals surface area contributed by atoms with Crippen LogP contribution in [0.25, 0.3) is 22.5 Å². The lowest BCUT2D eigenvalue weighted by Crippen LogP contribution is -2.33. The minimum absolute atomic E-state index is 0.0270. The van der Waals surface area contributed by atoms with Crippen LogP contribution in [-0.2, 0) is 9.53 Å². The van der Waals surface area contributed by atoms with Gasteiger partial charge in [-0.25, -0.2) is 4.98 Å². The summed E-state index contributed by atoms with van der Waals surface area (Å²) in [6.07, 6.45) is 3.62. The second-order valence-electron chi connectivity index (χ2n) is 7.67. The molecule has 0 saturated carbocycles. The zero-order chi connectivity index (χ0) is 22.1. The van der Waals surface area contributed by atoms with Gasteiger partial charge in [-0.1, -0.05) is 60.7 Å². The topological polar surface area (TPSA) is 81.3 Å². The largest absolute Gasteiger partial charge is 0.372 e. The molecule has 0 aliphatic carbocycles. The lowest BCUT2D eigenvalue weighted by atomic mass is 10.0. The van der Waals surface area contributed by atoms with Crippen molar-refractivity contribution in [3.8, 4) is 22.5 Å². The number of primary amides is 1. The van der Waals surface area contributed by atoms with E-state index < -0.39 is 5.91 Å². The Morgan fingerprint density at radius 2 is 1.58 bits per heavy atom. The van der Waals surface area contributed by atoms with Crippen molar-refractivity contribution >= 4 is 11.7 Å². The molecule has 0 saturated heterocycles. The fourth-order valence-corrected chi connectivity index (χ4v) is 3.42. The van der Waals surface area contributed by atoms with Crippen LogP contribution in [0, 0.1) is 0 Å². The Labute approximate surface area is 184 Å². The van der Waals surface area contributed by atoms with Crippen molar-refractivity contribution in [2.45, 2.75) is 32.7 Å². The Morgan fingerprint density at radius 1 is 0.968 bits per heavy atom. The number of hydrogen-bond donors (Lipinski definition) is 1. The van der Waals surface area contributed by atoms with E-state index in [-0.39, 0.29) is 12.6 Å². The summed E-state index contributed by atoms with van der Waals surface area (Å²) in [5.74, 6) is 0.414. The standard InChI is InChI=1S/C25H30N4O2/c1-19(2)29(15-9-10-16-31-18-22(26)30)23-17-27-24(20-11-5-3-6-12-20)25(28-23)21-13-7-4-8-14-21/h3-8,11-14,17,19H,9-10,15-16,18H2,1-2H3,(H2,26,30). The lowest BCUT2D eigenvalue weighted by Gasteiger charge is -2.28. The number of carbonyl (C=O) groups is 1. The van der Waals surface area contributed by atoms with Crippen LogP contribution in [0.5, 0.6) is 0 Å². The second kappa shape index (κ2) is 11.2. The minimum atomic E-state index is -0.439. The Bertz CT molecular complexity index is 962. The van der Waals surface area contributed by atoms with Gasteiger partial charge in [-0.15, -0.1) is 0 Å². The van der Waals surface area contributed by atoms with Crippen LogP contribution < -0.4 is 10.6 Å². The third kappa shape index (κ3) is 6.36. The Hall–Kier alpha value is -3.25. The van der Waals surface area contributed by atoms with Gasteiger partial charge >= 0.3 is 0 Å². The molecule has 2 aromatic carbocycles. The molecule has 3 rings (SSSR count). The molecular weight excluding hydrogens is 388 g/mol. The van der Waals surface area contributed by atoms with E-state index >= 15 is 0 Å². The van der Waals surface area contributed by atoms with E-state index in [1.54, 1.807) is 0 Å². The van der Waals surface area contributed by atoms with Gasteiger partial charge in [-0.05, 0) is 26.7 Å². The monoisotopic (exact) mass is 418 g/mol. The molecule has 6 heteroatoms. The predicted molar refractivity (Wildman–Crippen MR) is 125 cm³/mol. The maximum absolute atomic E-state index is 10.8. The van der Waals surface area contributed by atoms with Crippen molar-refractivity contribution in [1.29, 1.82) is 0 Å². The first-order valence-corrected chi connectivity index (χ1v) is 10.7. The third-order valence-corrected chi connectivity index (χ3v) is 4.95. The molecule has 0 radical (unpaired) electrons. The van der Waals surface area contributed by atoms with Gasteiger partial charge in [0, 0.05) is 30.3 Å². The number of ether oxygens (including phenoxy) is 1. The van der Waals surface area contributed by atoms with Crippen molar-refractivity contribution in [1.82, 2.24) is 9.97 Å². The molecule has 6 nitrogen and oxygen atoms in total. The zero-order valence-electron chi connectivity index (χ0n) is 18.2. The number of carbonyl (C=O) groups excluding carboxylic acids is 1. The molecule has 31 heavy (non-hydrogen) atoms. The van der Waals surface area contributed by atoms with Crippen molar-refractivity contribution in [3.63, 3.8) is 0 Å². The first-order valence-electron chi connectivity index (χ1n) is 10.7. The second-order valence-corrected chi connectivity index (χ2v) is 7.67. The van der Waals surface area contributed by atoms with E-state index in [4.69, 9.17) is 20.4 Å². The molecule has 2 N–H and O–H groups in total. The molecule has 1 aromatic heterocycles. The van der Waals surface area contributed by atoms with Gasteiger partial charge in [0.15, 0.2) is 0 Å². The number of benzene rings is 2. The van der Waals surface area contributed by atoms with E-state index in [1.165, 1.54) is 0 Å². The summed E-state index contributed by atoms with van der Waals surface area (Å²) in [5.41, 5.74) is 8.93. The smallest absolute Gasteiger partial charge is 0.243 e. The van der Waals surface area contributed by atoms with E-state index in [0.717, 1.165) is 47.7 Å². The maximum atomic E-state index is 10.8. The summed E-state index contributed by atoms with van der Waals surface area (Å²) in [6.45, 7) is 5.62. The number of hydrogen-bond acceptors (Lipinski definition) is 5. The van der Waals surface area contributed by atoms with Crippen LogP contribution in [0.2, 0.25) is 0 Å². The van der Waals surface area contributed by atoms with Gasteiger partial charge in [0.05, 0.1) is 17.6 Å². The van der Waals surface area contributed by atoms with Gasteiger partial charge in [0.25, 0.3) is 0 Å². The first-order chi connectivity index (χ1) is 15.1. The molecule has 0 aliphatic rings. The summed E-state index contributed by atoms with van der Waals surface area (Å²) < 4.78 is 5.26. The van der Waals surface area contributed by atoms with Crippen LogP contribution in [0.15, 0.2) is 66.9 Å². The Balaban J connectivity index is 1.83. The molecule has 0 spiro atoms. The number of unbranched alkanes of at least 4 members (excludes halogenated alkanes) is 1. The summed E-state index contributed by atoms with van der Waals surface area (Å²) in [4.78, 5) is 22.9. The number of amides is 1. The van der Waals surface area contributed by atoms with Crippen LogP contribution in [0.4, 0.5) is 5.82 Å². The van der Waals surface area contributed by atoms with Gasteiger partial charge in [-0.2, -0.15) is 0 Å². The fourth-order valence-electron chi connectivity index (χ4n) is 3.42. The number of aromatic nitrogens is 2. The number of nitrogens with zero attached hydrogens (tertiary/aromatic N) is 3. The first kappa shape index (κ1) is 22.4. The van der Waals surface area contributed by atoms with E-state index in [9.17, 15) is 4.79 Å². The van der Waals surface area contributed by atoms with Crippen molar-refractivity contribution in [2.75, 3.05) is 24.7 Å². The molecule has 0 unspecified atom stereocenters. The average Bonchev–Trinajstić information content (AvgIpc) is 2.79. The Kier molecular flexibility index (Phi) is 8.12. The summed E-state index contributed by atoms with van der Waals surface area (Å²) in [5, 5.41) is 0. The number of nitrogens with two attached hydrogens (primary N) is 1. The van der Waals surface area contributed by atoms with E-state index in [0.29, 0.717) is 6.61 Å². The van der Waals surface area contributed by atoms with Gasteiger partial charge in [0.1, 0.15) is 12.4 Å². The summed E-state index contributed by atoms with van der Waals surface area (Å²) in [7, 11) is 0. The minimum Gasteiger partial charge on any atom is -0.372 e. The van der Waals surface area contributed by atoms with Gasteiger partial charge in [0.2, 0.25) is 5.91 Å². The molecule has 1 amide bonds. The van der Waals surface area contributed by atoms with Crippen molar-refractivity contribution in [2.24, 2.45) is 5.73 Å². The summed E-state index contributed by atoms with van der Waals surface area (Å²) in [6, 6.07) is 20.6. The van der Waals surface area contributed by atoms with Crippen molar-refractivity contribution < 1.29 is 9.53 Å². The SMILES string of the molecule is CC(C)N(CCCCOCC(N)=O)c1cnc(-c2ccccc2)c(-c2ccccc2)n1. The third-order valence-electron chi connectivity index (χ3n) is 4.95. The average molecular weight is 419 g/mol. The quantitative estimate of drug-likeness (QED) is 0.469. The molecule has 3 aromatic rings. The van der Waals surface area contributed by atoms with Gasteiger partial charge < -0.3 is 15.4 Å². The zero-order valence-corrected chi connectivity index (χ0v) is 18.2. The molecule has 0 bridgehead atoms.